The summed E-state index contributed by atoms with van der Waals surface area (Å²) in [6.45, 7) is 0. The molecule has 0 unspecified atom stereocenters. The number of nitrogens with zero attached hydrogens (tertiary/aromatic N) is 4. The van der Waals surface area contributed by atoms with Crippen molar-refractivity contribution in [2.45, 2.75) is 0 Å². The van der Waals surface area contributed by atoms with Gasteiger partial charge in [0.05, 0.1) is 0 Å². The summed E-state index contributed by atoms with van der Waals surface area (Å²) in [4.78, 5) is 13.9. The molecule has 0 N–H and O–H groups in total. The van der Waals surface area contributed by atoms with Crippen molar-refractivity contribution in [2.24, 2.45) is 0 Å². The molecule has 7 aromatic carbocycles. The van der Waals surface area contributed by atoms with Gasteiger partial charge in [-0.3, -0.25) is 0 Å². The Morgan fingerprint density at radius 3 is 1.29 bits per heavy atom. The Morgan fingerprint density at radius 1 is 0.348 bits per heavy atom. The molecule has 66 heavy (non-hydrogen) atoms. The minimum Gasteiger partial charge on any atom is -0.332 e. The van der Waals surface area contributed by atoms with Crippen LogP contribution in [0.4, 0.5) is 0 Å². The molecule has 5 aromatic heterocycles. The van der Waals surface area contributed by atoms with Crippen LogP contribution in [0.25, 0.3) is 117 Å². The maximum absolute atomic E-state index is 4.82. The molecule has 0 atom stereocenters. The van der Waals surface area contributed by atoms with Crippen LogP contribution in [0, 0.1) is 18.2 Å². The first-order chi connectivity index (χ1) is 32.2. The zero-order chi connectivity index (χ0) is 43.1. The second kappa shape index (κ2) is 17.5. The van der Waals surface area contributed by atoms with E-state index < -0.39 is 0 Å². The summed E-state index contributed by atoms with van der Waals surface area (Å²) in [7, 11) is 0. The van der Waals surface area contributed by atoms with Crippen molar-refractivity contribution in [1.82, 2.24) is 19.4 Å². The fourth-order valence-corrected chi connectivity index (χ4v) is 9.25. The Hall–Kier alpha value is -8.08. The van der Waals surface area contributed by atoms with E-state index in [1.165, 1.54) is 0 Å². The van der Waals surface area contributed by atoms with Crippen LogP contribution in [0.2, 0.25) is 0 Å². The second-order valence-corrected chi connectivity index (χ2v) is 16.2. The van der Waals surface area contributed by atoms with Crippen molar-refractivity contribution in [3.05, 3.63) is 243 Å². The van der Waals surface area contributed by atoms with Crippen molar-refractivity contribution in [2.75, 3.05) is 0 Å². The summed E-state index contributed by atoms with van der Waals surface area (Å²) < 4.78 is 2.23. The third-order valence-corrected chi connectivity index (χ3v) is 12.3. The number of aromatic nitrogens is 4. The quantitative estimate of drug-likeness (QED) is 0.113. The van der Waals surface area contributed by atoms with Crippen LogP contribution in [0.5, 0.6) is 0 Å². The normalized spacial score (nSPS) is 11.2. The average molecular weight is 1020 g/mol. The Bertz CT molecular complexity index is 3550. The molecule has 0 saturated carbocycles. The van der Waals surface area contributed by atoms with Crippen LogP contribution in [0.1, 0.15) is 0 Å². The third kappa shape index (κ3) is 7.40. The third-order valence-electron chi connectivity index (χ3n) is 12.3. The molecular formula is C61H37IrN4. The fraction of sp³-hybridized carbons (Fsp3) is 0. The first-order valence-corrected chi connectivity index (χ1v) is 21.7. The monoisotopic (exact) mass is 1020 g/mol. The van der Waals surface area contributed by atoms with Gasteiger partial charge in [0.2, 0.25) is 0 Å². The summed E-state index contributed by atoms with van der Waals surface area (Å²) in [5.74, 6) is 0. The van der Waals surface area contributed by atoms with E-state index >= 15 is 0 Å². The molecular weight excluding hydrogens is 981 g/mol. The van der Waals surface area contributed by atoms with Gasteiger partial charge in [0, 0.05) is 41.3 Å². The van der Waals surface area contributed by atoms with Gasteiger partial charge >= 0.3 is 20.1 Å². The zero-order valence-electron chi connectivity index (χ0n) is 35.5. The Balaban J connectivity index is 0.00000481. The van der Waals surface area contributed by atoms with Gasteiger partial charge in [-0.25, -0.2) is 0 Å². The molecule has 0 aliphatic rings. The van der Waals surface area contributed by atoms with E-state index in [1.54, 1.807) is 0 Å². The topological polar surface area (TPSA) is 43.1 Å². The summed E-state index contributed by atoms with van der Waals surface area (Å²) in [6.07, 6.45) is 7.62. The molecule has 0 aliphatic carbocycles. The molecule has 0 bridgehead atoms. The van der Waals surface area contributed by atoms with E-state index in [2.05, 4.69) is 196 Å². The summed E-state index contributed by atoms with van der Waals surface area (Å²) in [5, 5.41) is 2.13. The molecule has 0 spiro atoms. The molecule has 5 heteroatoms. The summed E-state index contributed by atoms with van der Waals surface area (Å²) in [6, 6.07) is 81.4. The standard InChI is InChI=1S/C61H37N4.Ir/c1-4-16-52(49(13-1)41-23-27-43(28-24-41)57-19-7-9-33-62-57)46-37-47(53-17-5-2-14-50(53)42-25-29-44(30-26-42)58-20-8-10-34-63-58)39-48(38-46)54-18-6-3-15-51(54)45-31-32-55-56(40-45)59-22-12-36-65(59)60-21-11-35-64-61(55)60;/h1-27,29,31,33-40H;/q-3;+3. The minimum atomic E-state index is 0. The minimum absolute atomic E-state index is 0. The van der Waals surface area contributed by atoms with Gasteiger partial charge in [0.25, 0.3) is 0 Å². The van der Waals surface area contributed by atoms with Gasteiger partial charge in [-0.15, -0.1) is 83.2 Å². The molecule has 5 heterocycles. The number of fused-ring (bicyclic) bond motifs is 6. The molecule has 310 valence electrons. The van der Waals surface area contributed by atoms with Gasteiger partial charge in [-0.1, -0.05) is 136 Å². The maximum Gasteiger partial charge on any atom is 3.00 e. The molecule has 4 nitrogen and oxygen atoms in total. The number of pyridine rings is 4. The molecule has 12 aromatic rings. The second-order valence-electron chi connectivity index (χ2n) is 16.2. The summed E-state index contributed by atoms with van der Waals surface area (Å²) in [5.41, 5.74) is 20.2. The number of hydrogen-bond donors (Lipinski definition) is 0. The van der Waals surface area contributed by atoms with Crippen LogP contribution >= 0.6 is 0 Å². The van der Waals surface area contributed by atoms with E-state index in [-0.39, 0.29) is 20.1 Å². The van der Waals surface area contributed by atoms with Crippen LogP contribution in [-0.2, 0) is 20.1 Å². The van der Waals surface area contributed by atoms with Crippen molar-refractivity contribution in [3.8, 4) is 89.3 Å². The van der Waals surface area contributed by atoms with Crippen LogP contribution < -0.4 is 0 Å². The first kappa shape index (κ1) is 40.7. The van der Waals surface area contributed by atoms with Gasteiger partial charge in [-0.2, -0.15) is 0 Å². The average Bonchev–Trinajstić information content (AvgIpc) is 3.90. The predicted octanol–water partition coefficient (Wildman–Crippen LogP) is 15.2. The predicted molar refractivity (Wildman–Crippen MR) is 266 cm³/mol. The van der Waals surface area contributed by atoms with Crippen molar-refractivity contribution in [3.63, 3.8) is 0 Å². The van der Waals surface area contributed by atoms with Crippen LogP contribution in [0.15, 0.2) is 225 Å². The van der Waals surface area contributed by atoms with Gasteiger partial charge in [0.15, 0.2) is 0 Å². The van der Waals surface area contributed by atoms with Crippen molar-refractivity contribution < 1.29 is 20.1 Å². The molecule has 0 aliphatic heterocycles. The largest absolute Gasteiger partial charge is 3.00 e. The van der Waals surface area contributed by atoms with Crippen LogP contribution in [-0.4, -0.2) is 19.4 Å². The smallest absolute Gasteiger partial charge is 0.332 e. The SMILES string of the molecule is [Ir+3].[c-]1cc(-c2ccccc2-c2cc(-c3ccccc3-c3c[c-]c(-c4ccccn4)cc3)cc(-c3ccccc3-c3c[c-]c4c(c3)c3cccn3c3cccnc43)c2)ccc1-c1ccccn1. The van der Waals surface area contributed by atoms with Crippen LogP contribution in [0.3, 0.4) is 0 Å². The Labute approximate surface area is 397 Å². The zero-order valence-corrected chi connectivity index (χ0v) is 37.9. The van der Waals surface area contributed by atoms with Gasteiger partial charge in [0.1, 0.15) is 0 Å². The van der Waals surface area contributed by atoms with Gasteiger partial charge < -0.3 is 19.4 Å². The van der Waals surface area contributed by atoms with Crippen molar-refractivity contribution >= 4 is 27.3 Å². The van der Waals surface area contributed by atoms with Gasteiger partial charge in [-0.05, 0) is 99.4 Å². The van der Waals surface area contributed by atoms with E-state index in [4.69, 9.17) is 4.98 Å². The molecule has 0 saturated heterocycles. The Kier molecular flexibility index (Phi) is 10.8. The maximum atomic E-state index is 4.82. The van der Waals surface area contributed by atoms with E-state index in [0.717, 1.165) is 117 Å². The van der Waals surface area contributed by atoms with E-state index in [9.17, 15) is 0 Å². The van der Waals surface area contributed by atoms with Crippen molar-refractivity contribution in [1.29, 1.82) is 0 Å². The van der Waals surface area contributed by atoms with E-state index in [0.29, 0.717) is 0 Å². The molecule has 0 radical (unpaired) electrons. The number of hydrogen-bond acceptors (Lipinski definition) is 3. The Morgan fingerprint density at radius 2 is 0.803 bits per heavy atom. The molecule has 0 fully saturated rings. The fourth-order valence-electron chi connectivity index (χ4n) is 9.25. The van der Waals surface area contributed by atoms with E-state index in [1.807, 2.05) is 61.1 Å². The summed E-state index contributed by atoms with van der Waals surface area (Å²) >= 11 is 0. The number of rotatable bonds is 8. The first-order valence-electron chi connectivity index (χ1n) is 21.7. The molecule has 12 rings (SSSR count). The molecule has 0 amide bonds. The number of benzene rings is 7.